The molecule has 2 aromatic rings. The second-order valence-electron chi connectivity index (χ2n) is 4.90. The first-order valence-corrected chi connectivity index (χ1v) is 6.67. The van der Waals surface area contributed by atoms with Gasteiger partial charge in [-0.1, -0.05) is 11.2 Å². The van der Waals surface area contributed by atoms with Gasteiger partial charge < -0.3 is 19.7 Å². The highest BCUT2D eigenvalue weighted by atomic mass is 16.5. The lowest BCUT2D eigenvalue weighted by molar-refractivity contribution is 0.185. The Hall–Kier alpha value is -2.08. The standard InChI is InChI=1S/C14H17N3O3/c15-11-2-1-3-12(7-11)19-9-14-16-13(17-20-14)6-10-4-5-18-8-10/h1-3,7,10H,4-6,8-9,15H2. The number of hydrogen-bond donors (Lipinski definition) is 1. The van der Waals surface area contributed by atoms with Crippen LogP contribution in [0.25, 0.3) is 0 Å². The highest BCUT2D eigenvalue weighted by Crippen LogP contribution is 2.18. The molecule has 1 unspecified atom stereocenters. The lowest BCUT2D eigenvalue weighted by atomic mass is 10.1. The van der Waals surface area contributed by atoms with E-state index in [4.69, 9.17) is 19.7 Å². The molecule has 6 heteroatoms. The van der Waals surface area contributed by atoms with Crippen LogP contribution in [0, 0.1) is 5.92 Å². The number of rotatable bonds is 5. The van der Waals surface area contributed by atoms with Gasteiger partial charge in [0, 0.05) is 31.4 Å². The molecule has 1 atom stereocenters. The molecule has 1 saturated heterocycles. The summed E-state index contributed by atoms with van der Waals surface area (Å²) in [6, 6.07) is 7.24. The summed E-state index contributed by atoms with van der Waals surface area (Å²) in [6.45, 7) is 1.86. The summed E-state index contributed by atoms with van der Waals surface area (Å²) in [5, 5.41) is 3.96. The summed E-state index contributed by atoms with van der Waals surface area (Å²) in [4.78, 5) is 4.32. The molecule has 0 spiro atoms. The first kappa shape index (κ1) is 12.9. The molecular formula is C14H17N3O3. The van der Waals surface area contributed by atoms with Crippen LogP contribution in [0.2, 0.25) is 0 Å². The topological polar surface area (TPSA) is 83.4 Å². The first-order valence-electron chi connectivity index (χ1n) is 6.67. The third-order valence-electron chi connectivity index (χ3n) is 3.23. The molecule has 0 aliphatic carbocycles. The minimum absolute atomic E-state index is 0.248. The Morgan fingerprint density at radius 3 is 3.15 bits per heavy atom. The number of aromatic nitrogens is 2. The Labute approximate surface area is 116 Å². The van der Waals surface area contributed by atoms with Gasteiger partial charge in [0.15, 0.2) is 12.4 Å². The van der Waals surface area contributed by atoms with Crippen LogP contribution in [0.15, 0.2) is 28.8 Å². The van der Waals surface area contributed by atoms with Crippen molar-refractivity contribution < 1.29 is 14.0 Å². The Morgan fingerprint density at radius 1 is 1.40 bits per heavy atom. The van der Waals surface area contributed by atoms with Crippen LogP contribution in [0.1, 0.15) is 18.1 Å². The van der Waals surface area contributed by atoms with Crippen molar-refractivity contribution in [3.8, 4) is 5.75 Å². The van der Waals surface area contributed by atoms with E-state index in [1.54, 1.807) is 12.1 Å². The van der Waals surface area contributed by atoms with Gasteiger partial charge >= 0.3 is 0 Å². The van der Waals surface area contributed by atoms with E-state index in [0.717, 1.165) is 26.1 Å². The van der Waals surface area contributed by atoms with Crippen LogP contribution in [-0.4, -0.2) is 23.4 Å². The summed E-state index contributed by atoms with van der Waals surface area (Å²) in [6.07, 6.45) is 1.85. The quantitative estimate of drug-likeness (QED) is 0.838. The monoisotopic (exact) mass is 275 g/mol. The number of nitrogens with zero attached hydrogens (tertiary/aromatic N) is 2. The number of benzene rings is 1. The molecule has 2 N–H and O–H groups in total. The maximum Gasteiger partial charge on any atom is 0.264 e. The van der Waals surface area contributed by atoms with E-state index >= 15 is 0 Å². The van der Waals surface area contributed by atoms with Crippen LogP contribution >= 0.6 is 0 Å². The van der Waals surface area contributed by atoms with Crippen LogP contribution in [0.5, 0.6) is 5.75 Å². The van der Waals surface area contributed by atoms with Crippen molar-refractivity contribution in [3.05, 3.63) is 36.0 Å². The zero-order valence-electron chi connectivity index (χ0n) is 11.1. The lowest BCUT2D eigenvalue weighted by Crippen LogP contribution is -2.05. The van der Waals surface area contributed by atoms with E-state index in [1.165, 1.54) is 0 Å². The van der Waals surface area contributed by atoms with Gasteiger partial charge in [-0.15, -0.1) is 0 Å². The molecule has 0 bridgehead atoms. The molecule has 2 heterocycles. The van der Waals surface area contributed by atoms with Crippen LogP contribution < -0.4 is 10.5 Å². The number of hydrogen-bond acceptors (Lipinski definition) is 6. The van der Waals surface area contributed by atoms with Gasteiger partial charge in [-0.05, 0) is 24.5 Å². The van der Waals surface area contributed by atoms with Crippen LogP contribution in [-0.2, 0) is 17.8 Å². The molecule has 6 nitrogen and oxygen atoms in total. The largest absolute Gasteiger partial charge is 0.484 e. The van der Waals surface area contributed by atoms with Crippen molar-refractivity contribution in [2.24, 2.45) is 5.92 Å². The second kappa shape index (κ2) is 5.92. The molecule has 0 saturated carbocycles. The molecule has 1 aromatic heterocycles. The van der Waals surface area contributed by atoms with Gasteiger partial charge in [-0.25, -0.2) is 0 Å². The average Bonchev–Trinajstić information content (AvgIpc) is 3.09. The second-order valence-corrected chi connectivity index (χ2v) is 4.90. The van der Waals surface area contributed by atoms with Crippen molar-refractivity contribution >= 4 is 5.69 Å². The maximum atomic E-state index is 5.68. The zero-order valence-corrected chi connectivity index (χ0v) is 11.1. The molecule has 1 aliphatic heterocycles. The van der Waals surface area contributed by atoms with E-state index in [9.17, 15) is 0 Å². The molecule has 20 heavy (non-hydrogen) atoms. The molecule has 1 fully saturated rings. The van der Waals surface area contributed by atoms with E-state index in [-0.39, 0.29) is 6.61 Å². The van der Waals surface area contributed by atoms with Crippen molar-refractivity contribution in [2.75, 3.05) is 18.9 Å². The Bertz CT molecular complexity index is 564. The van der Waals surface area contributed by atoms with Gasteiger partial charge in [0.2, 0.25) is 0 Å². The summed E-state index contributed by atoms with van der Waals surface area (Å²) in [5.74, 6) is 2.37. The molecular weight excluding hydrogens is 258 g/mol. The lowest BCUT2D eigenvalue weighted by Gasteiger charge is -2.03. The number of nitrogen functional groups attached to an aromatic ring is 1. The molecule has 1 aromatic carbocycles. The molecule has 3 rings (SSSR count). The predicted octanol–water partition coefficient (Wildman–Crippen LogP) is 1.81. The molecule has 106 valence electrons. The number of nitrogens with two attached hydrogens (primary N) is 1. The highest BCUT2D eigenvalue weighted by molar-refractivity contribution is 5.43. The highest BCUT2D eigenvalue weighted by Gasteiger charge is 2.19. The van der Waals surface area contributed by atoms with Gasteiger partial charge in [0.25, 0.3) is 5.89 Å². The van der Waals surface area contributed by atoms with E-state index in [1.807, 2.05) is 12.1 Å². The zero-order chi connectivity index (χ0) is 13.8. The normalized spacial score (nSPS) is 18.3. The Balaban J connectivity index is 1.54. The van der Waals surface area contributed by atoms with E-state index < -0.39 is 0 Å². The van der Waals surface area contributed by atoms with Crippen molar-refractivity contribution in [1.82, 2.24) is 10.1 Å². The fraction of sp³-hybridized carbons (Fsp3) is 0.429. The molecule has 0 radical (unpaired) electrons. The third kappa shape index (κ3) is 3.27. The number of ether oxygens (including phenoxy) is 2. The minimum Gasteiger partial charge on any atom is -0.484 e. The predicted molar refractivity (Wildman–Crippen MR) is 72.1 cm³/mol. The van der Waals surface area contributed by atoms with Gasteiger partial charge in [0.05, 0.1) is 0 Å². The van der Waals surface area contributed by atoms with Crippen molar-refractivity contribution in [2.45, 2.75) is 19.4 Å². The van der Waals surface area contributed by atoms with Crippen LogP contribution in [0.3, 0.4) is 0 Å². The number of anilines is 1. The Morgan fingerprint density at radius 2 is 2.35 bits per heavy atom. The minimum atomic E-state index is 0.248. The third-order valence-corrected chi connectivity index (χ3v) is 3.23. The van der Waals surface area contributed by atoms with Crippen LogP contribution in [0.4, 0.5) is 5.69 Å². The fourth-order valence-corrected chi connectivity index (χ4v) is 2.18. The van der Waals surface area contributed by atoms with E-state index in [0.29, 0.717) is 29.1 Å². The summed E-state index contributed by atoms with van der Waals surface area (Å²) < 4.78 is 16.1. The SMILES string of the molecule is Nc1cccc(OCc2nc(CC3CCOC3)no2)c1. The smallest absolute Gasteiger partial charge is 0.264 e. The van der Waals surface area contributed by atoms with Gasteiger partial charge in [-0.2, -0.15) is 4.98 Å². The maximum absolute atomic E-state index is 5.68. The average molecular weight is 275 g/mol. The molecule has 0 amide bonds. The summed E-state index contributed by atoms with van der Waals surface area (Å²) >= 11 is 0. The first-order chi connectivity index (χ1) is 9.79. The summed E-state index contributed by atoms with van der Waals surface area (Å²) in [5.41, 5.74) is 6.34. The van der Waals surface area contributed by atoms with Gasteiger partial charge in [-0.3, -0.25) is 0 Å². The fourth-order valence-electron chi connectivity index (χ4n) is 2.18. The Kier molecular flexibility index (Phi) is 3.83. The molecule has 1 aliphatic rings. The van der Waals surface area contributed by atoms with Crippen molar-refractivity contribution in [3.63, 3.8) is 0 Å². The van der Waals surface area contributed by atoms with Crippen molar-refractivity contribution in [1.29, 1.82) is 0 Å². The van der Waals surface area contributed by atoms with Gasteiger partial charge in [0.1, 0.15) is 5.75 Å². The van der Waals surface area contributed by atoms with E-state index in [2.05, 4.69) is 10.1 Å². The summed E-state index contributed by atoms with van der Waals surface area (Å²) in [7, 11) is 0.